The number of piperidine rings is 1. The van der Waals surface area contributed by atoms with Gasteiger partial charge >= 0.3 is 0 Å². The number of carbonyl (C=O) groups excluding carboxylic acids is 1. The van der Waals surface area contributed by atoms with Crippen LogP contribution in [0.2, 0.25) is 0 Å². The number of hydrogen-bond acceptors (Lipinski definition) is 6. The van der Waals surface area contributed by atoms with Gasteiger partial charge in [-0.3, -0.25) is 9.78 Å². The maximum atomic E-state index is 12.5. The van der Waals surface area contributed by atoms with Crippen LogP contribution in [0, 0.1) is 5.92 Å². The molecule has 4 rings (SSSR count). The Kier molecular flexibility index (Phi) is 5.04. The summed E-state index contributed by atoms with van der Waals surface area (Å²) in [5.41, 5.74) is 2.00. The predicted octanol–water partition coefficient (Wildman–Crippen LogP) is 1.59. The molecular weight excluding hydrogens is 342 g/mol. The summed E-state index contributed by atoms with van der Waals surface area (Å²) >= 11 is 0. The summed E-state index contributed by atoms with van der Waals surface area (Å²) in [7, 11) is 0. The molecule has 8 nitrogen and oxygen atoms in total. The van der Waals surface area contributed by atoms with E-state index >= 15 is 0 Å². The van der Waals surface area contributed by atoms with Gasteiger partial charge in [-0.15, -0.1) is 0 Å². The molecule has 0 aliphatic carbocycles. The van der Waals surface area contributed by atoms with Crippen LogP contribution in [0.5, 0.6) is 0 Å². The molecule has 8 heteroatoms. The molecule has 2 aromatic heterocycles. The summed E-state index contributed by atoms with van der Waals surface area (Å²) in [5, 5.41) is 7.16. The van der Waals surface area contributed by atoms with Crippen LogP contribution >= 0.6 is 0 Å². The summed E-state index contributed by atoms with van der Waals surface area (Å²) in [6.07, 6.45) is 9.95. The van der Waals surface area contributed by atoms with Gasteiger partial charge in [-0.05, 0) is 30.5 Å². The minimum atomic E-state index is 0.0485. The normalized spacial score (nSPS) is 14.9. The first-order chi connectivity index (χ1) is 13.3. The summed E-state index contributed by atoms with van der Waals surface area (Å²) < 4.78 is 1.70. The van der Waals surface area contributed by atoms with Crippen molar-refractivity contribution in [3.63, 3.8) is 0 Å². The van der Waals surface area contributed by atoms with Crippen molar-refractivity contribution < 1.29 is 4.79 Å². The molecule has 0 spiro atoms. The van der Waals surface area contributed by atoms with Crippen LogP contribution in [0.3, 0.4) is 0 Å². The second-order valence-corrected chi connectivity index (χ2v) is 6.55. The summed E-state index contributed by atoms with van der Waals surface area (Å²) in [6, 6.07) is 7.92. The fourth-order valence-electron chi connectivity index (χ4n) is 3.27. The molecule has 3 heterocycles. The smallest absolute Gasteiger partial charge is 0.223 e. The summed E-state index contributed by atoms with van der Waals surface area (Å²) in [5.74, 6) is 1.05. The van der Waals surface area contributed by atoms with Crippen LogP contribution < -0.4 is 10.2 Å². The number of aromatic nitrogens is 5. The number of carbonyl (C=O) groups is 1. The molecule has 1 aliphatic heterocycles. The highest BCUT2D eigenvalue weighted by Gasteiger charge is 2.25. The third-order valence-corrected chi connectivity index (χ3v) is 4.83. The number of amides is 1. The molecule has 27 heavy (non-hydrogen) atoms. The van der Waals surface area contributed by atoms with Crippen LogP contribution in [0.15, 0.2) is 55.5 Å². The average molecular weight is 363 g/mol. The van der Waals surface area contributed by atoms with Crippen molar-refractivity contribution in [3.05, 3.63) is 61.1 Å². The number of benzene rings is 1. The predicted molar refractivity (Wildman–Crippen MR) is 100 cm³/mol. The highest BCUT2D eigenvalue weighted by Crippen LogP contribution is 2.21. The first-order valence-corrected chi connectivity index (χ1v) is 9.02. The lowest BCUT2D eigenvalue weighted by Crippen LogP contribution is -2.40. The lowest BCUT2D eigenvalue weighted by Gasteiger charge is -2.31. The van der Waals surface area contributed by atoms with Gasteiger partial charge in [0, 0.05) is 37.9 Å². The van der Waals surface area contributed by atoms with Crippen molar-refractivity contribution in [2.24, 2.45) is 5.92 Å². The number of nitrogens with one attached hydrogen (secondary N) is 1. The van der Waals surface area contributed by atoms with Gasteiger partial charge in [-0.25, -0.2) is 14.6 Å². The molecule has 0 bridgehead atoms. The zero-order valence-corrected chi connectivity index (χ0v) is 14.9. The number of anilines is 1. The Bertz CT molecular complexity index is 857. The van der Waals surface area contributed by atoms with Gasteiger partial charge in [0.15, 0.2) is 0 Å². The van der Waals surface area contributed by atoms with E-state index in [1.54, 1.807) is 29.6 Å². The minimum absolute atomic E-state index is 0.0485. The first kappa shape index (κ1) is 17.1. The number of hydrogen-bond donors (Lipinski definition) is 1. The van der Waals surface area contributed by atoms with E-state index in [-0.39, 0.29) is 11.8 Å². The van der Waals surface area contributed by atoms with Crippen LogP contribution in [0.25, 0.3) is 5.69 Å². The van der Waals surface area contributed by atoms with Gasteiger partial charge in [-0.1, -0.05) is 12.1 Å². The standard InChI is InChI=1S/C19H21N7O/c27-19(16-5-9-25(10-6-16)18-12-20-7-8-22-18)23-11-15-1-3-17(4-2-15)26-14-21-13-24-26/h1-4,7-8,12-14,16H,5-6,9-11H2,(H,23,27). The lowest BCUT2D eigenvalue weighted by molar-refractivity contribution is -0.125. The van der Waals surface area contributed by atoms with E-state index in [0.717, 1.165) is 43.0 Å². The molecule has 0 radical (unpaired) electrons. The van der Waals surface area contributed by atoms with Crippen LogP contribution in [-0.2, 0) is 11.3 Å². The van der Waals surface area contributed by atoms with Crippen molar-refractivity contribution in [1.82, 2.24) is 30.0 Å². The van der Waals surface area contributed by atoms with E-state index in [9.17, 15) is 4.79 Å². The molecule has 1 amide bonds. The number of nitrogens with zero attached hydrogens (tertiary/aromatic N) is 6. The Morgan fingerprint density at radius 3 is 2.59 bits per heavy atom. The van der Waals surface area contributed by atoms with E-state index in [2.05, 4.69) is 30.3 Å². The maximum absolute atomic E-state index is 12.5. The van der Waals surface area contributed by atoms with Gasteiger partial charge in [0.25, 0.3) is 0 Å². The molecule has 0 saturated carbocycles. The molecule has 138 valence electrons. The third-order valence-electron chi connectivity index (χ3n) is 4.83. The summed E-state index contributed by atoms with van der Waals surface area (Å²) in [6.45, 7) is 2.17. The van der Waals surface area contributed by atoms with Crippen molar-refractivity contribution in [1.29, 1.82) is 0 Å². The largest absolute Gasteiger partial charge is 0.355 e. The van der Waals surface area contributed by atoms with Crippen LogP contribution in [-0.4, -0.2) is 43.7 Å². The molecule has 1 saturated heterocycles. The Morgan fingerprint density at radius 2 is 1.93 bits per heavy atom. The Morgan fingerprint density at radius 1 is 1.11 bits per heavy atom. The van der Waals surface area contributed by atoms with E-state index in [4.69, 9.17) is 0 Å². The van der Waals surface area contributed by atoms with Gasteiger partial charge in [0.05, 0.1) is 11.9 Å². The van der Waals surface area contributed by atoms with E-state index in [1.165, 1.54) is 6.33 Å². The van der Waals surface area contributed by atoms with Gasteiger partial charge in [0.2, 0.25) is 5.91 Å². The Labute approximate surface area is 157 Å². The van der Waals surface area contributed by atoms with E-state index in [1.807, 2.05) is 24.3 Å². The second-order valence-electron chi connectivity index (χ2n) is 6.55. The Balaban J connectivity index is 1.26. The minimum Gasteiger partial charge on any atom is -0.355 e. The Hall–Kier alpha value is -3.29. The highest BCUT2D eigenvalue weighted by molar-refractivity contribution is 5.79. The van der Waals surface area contributed by atoms with Gasteiger partial charge in [0.1, 0.15) is 18.5 Å². The molecule has 1 aliphatic rings. The third kappa shape index (κ3) is 4.11. The second kappa shape index (κ2) is 7.94. The fraction of sp³-hybridized carbons (Fsp3) is 0.316. The highest BCUT2D eigenvalue weighted by atomic mass is 16.1. The molecule has 1 N–H and O–H groups in total. The zero-order valence-electron chi connectivity index (χ0n) is 14.9. The lowest BCUT2D eigenvalue weighted by atomic mass is 9.96. The molecule has 0 unspecified atom stereocenters. The van der Waals surface area contributed by atoms with E-state index < -0.39 is 0 Å². The molecule has 3 aromatic rings. The van der Waals surface area contributed by atoms with Gasteiger partial charge < -0.3 is 10.2 Å². The topological polar surface area (TPSA) is 88.8 Å². The van der Waals surface area contributed by atoms with Crippen molar-refractivity contribution in [3.8, 4) is 5.69 Å². The first-order valence-electron chi connectivity index (χ1n) is 9.02. The van der Waals surface area contributed by atoms with Crippen molar-refractivity contribution >= 4 is 11.7 Å². The molecule has 1 aromatic carbocycles. The van der Waals surface area contributed by atoms with Crippen LogP contribution in [0.4, 0.5) is 5.82 Å². The summed E-state index contributed by atoms with van der Waals surface area (Å²) in [4.78, 5) is 27.0. The van der Waals surface area contributed by atoms with Crippen LogP contribution in [0.1, 0.15) is 18.4 Å². The molecule has 0 atom stereocenters. The van der Waals surface area contributed by atoms with Crippen molar-refractivity contribution in [2.45, 2.75) is 19.4 Å². The molecular formula is C19H21N7O. The molecule has 1 fully saturated rings. The fourth-order valence-corrected chi connectivity index (χ4v) is 3.27. The average Bonchev–Trinajstić information content (AvgIpc) is 3.28. The van der Waals surface area contributed by atoms with E-state index in [0.29, 0.717) is 6.54 Å². The van der Waals surface area contributed by atoms with Gasteiger partial charge in [-0.2, -0.15) is 5.10 Å². The monoisotopic (exact) mass is 363 g/mol. The quantitative estimate of drug-likeness (QED) is 0.741. The maximum Gasteiger partial charge on any atom is 0.223 e. The number of rotatable bonds is 5. The zero-order chi connectivity index (χ0) is 18.5. The van der Waals surface area contributed by atoms with Crippen molar-refractivity contribution in [2.75, 3.05) is 18.0 Å². The SMILES string of the molecule is O=C(NCc1ccc(-n2cncn2)cc1)C1CCN(c2cnccn2)CC1.